The zero-order valence-electron chi connectivity index (χ0n) is 16.6. The van der Waals surface area contributed by atoms with E-state index < -0.39 is 0 Å². The van der Waals surface area contributed by atoms with E-state index in [9.17, 15) is 0 Å². The second-order valence-electron chi connectivity index (χ2n) is 7.24. The average molecular weight is 393 g/mol. The molecule has 2 N–H and O–H groups in total. The third kappa shape index (κ3) is 14.4. The third-order valence-corrected chi connectivity index (χ3v) is 5.73. The molecule has 0 aromatic heterocycles. The van der Waals surface area contributed by atoms with Crippen molar-refractivity contribution in [2.75, 3.05) is 92.6 Å². The Bertz CT molecular complexity index is 267. The molecule has 2 atom stereocenters. The van der Waals surface area contributed by atoms with Crippen LogP contribution in [-0.4, -0.2) is 112 Å². The van der Waals surface area contributed by atoms with Crippen molar-refractivity contribution in [3.05, 3.63) is 0 Å². The molecule has 3 fully saturated rings. The fraction of sp³-hybridized carbons (Fsp3) is 1.00. The maximum Gasteiger partial charge on any atom is 0.0144 e. The van der Waals surface area contributed by atoms with E-state index >= 15 is 0 Å². The molecule has 150 valence electrons. The molecule has 0 aromatic carbocycles. The van der Waals surface area contributed by atoms with Gasteiger partial charge in [0.2, 0.25) is 0 Å². The molecular weight excluding hydrogens is 350 g/mol. The van der Waals surface area contributed by atoms with E-state index in [1.807, 2.05) is 0 Å². The highest BCUT2D eigenvalue weighted by molar-refractivity contribution is 7.13. The summed E-state index contributed by atoms with van der Waals surface area (Å²) < 4.78 is 4.59. The lowest BCUT2D eigenvalue weighted by Crippen LogP contribution is -2.23. The largest absolute Gasteiger partial charge is 0.315 e. The zero-order valence-corrected chi connectivity index (χ0v) is 18.9. The summed E-state index contributed by atoms with van der Waals surface area (Å²) in [7, 11) is 9.85. The van der Waals surface area contributed by atoms with Crippen LogP contribution in [-0.2, 0) is 0 Å². The summed E-state index contributed by atoms with van der Waals surface area (Å²) in [5, 5.41) is 6.66. The molecule has 3 aliphatic rings. The van der Waals surface area contributed by atoms with Crippen LogP contribution in [0.25, 0.3) is 0 Å². The number of rotatable bonds is 0. The Morgan fingerprint density at radius 1 is 0.520 bits per heavy atom. The third-order valence-electron chi connectivity index (χ3n) is 4.69. The molecule has 0 amide bonds. The average Bonchev–Trinajstić information content (AvgIpc) is 3.05. The van der Waals surface area contributed by atoms with Crippen LogP contribution in [0.3, 0.4) is 0 Å². The van der Waals surface area contributed by atoms with E-state index in [1.54, 1.807) is 0 Å². The highest BCUT2D eigenvalue weighted by Gasteiger charge is 2.06. The second-order valence-corrected chi connectivity index (χ2v) is 8.70. The lowest BCUT2D eigenvalue weighted by Gasteiger charge is -2.12. The van der Waals surface area contributed by atoms with E-state index in [2.05, 4.69) is 62.7 Å². The van der Waals surface area contributed by atoms with Gasteiger partial charge in [0.05, 0.1) is 0 Å². The van der Waals surface area contributed by atoms with Crippen LogP contribution < -0.4 is 10.6 Å². The standard InChI is InChI=1S/C6H15N2P.C6H14N2.C5H13N2P/c1-7-3-2-4-8(9)6-5-7;1-8-5-2-3-7-4-6-8;8-7-4-1-2-6-3-5-7/h2-6,9H2,1H3;7H,2-6H2,1H3;6H,1-5,8H2. The summed E-state index contributed by atoms with van der Waals surface area (Å²) in [6.45, 7) is 14.4. The van der Waals surface area contributed by atoms with Crippen molar-refractivity contribution in [2.24, 2.45) is 0 Å². The summed E-state index contributed by atoms with van der Waals surface area (Å²) in [6.07, 6.45) is 3.89. The first-order valence-electron chi connectivity index (χ1n) is 9.85. The summed E-state index contributed by atoms with van der Waals surface area (Å²) in [4.78, 5) is 4.74. The molecule has 3 saturated heterocycles. The Balaban J connectivity index is 0.000000188. The summed E-state index contributed by atoms with van der Waals surface area (Å²) >= 11 is 0. The van der Waals surface area contributed by atoms with Crippen molar-refractivity contribution in [1.29, 1.82) is 0 Å². The maximum absolute atomic E-state index is 3.34. The Morgan fingerprint density at radius 3 is 1.80 bits per heavy atom. The van der Waals surface area contributed by atoms with Crippen molar-refractivity contribution in [1.82, 2.24) is 29.8 Å². The van der Waals surface area contributed by atoms with Gasteiger partial charge in [0.1, 0.15) is 0 Å². The topological polar surface area (TPSA) is 37.0 Å². The molecule has 0 aromatic rings. The van der Waals surface area contributed by atoms with E-state index in [0.717, 1.165) is 13.1 Å². The number of hydrogen-bond acceptors (Lipinski definition) is 6. The fourth-order valence-corrected chi connectivity index (χ4v) is 3.52. The minimum atomic E-state index is 1.14. The van der Waals surface area contributed by atoms with Crippen molar-refractivity contribution >= 4 is 18.8 Å². The van der Waals surface area contributed by atoms with Crippen molar-refractivity contribution in [3.63, 3.8) is 0 Å². The zero-order chi connectivity index (χ0) is 18.3. The summed E-state index contributed by atoms with van der Waals surface area (Å²) in [5.74, 6) is 0. The first-order chi connectivity index (χ1) is 12.1. The first kappa shape index (κ1) is 23.7. The lowest BCUT2D eigenvalue weighted by atomic mass is 10.4. The lowest BCUT2D eigenvalue weighted by molar-refractivity contribution is 0.351. The molecule has 8 heteroatoms. The van der Waals surface area contributed by atoms with Gasteiger partial charge in [0.25, 0.3) is 0 Å². The SMILES string of the molecule is CN1CCCN(P)CC1.CN1CCCNCC1.PN1CCCNCC1. The van der Waals surface area contributed by atoms with Crippen molar-refractivity contribution < 1.29 is 0 Å². The Morgan fingerprint density at radius 2 is 1.04 bits per heavy atom. The Kier molecular flexibility index (Phi) is 14.8. The van der Waals surface area contributed by atoms with E-state index in [0.29, 0.717) is 0 Å². The van der Waals surface area contributed by atoms with Gasteiger partial charge in [-0.2, -0.15) is 0 Å². The second kappa shape index (κ2) is 15.7. The van der Waals surface area contributed by atoms with Gasteiger partial charge in [-0.15, -0.1) is 0 Å². The number of hydrogen-bond donors (Lipinski definition) is 2. The van der Waals surface area contributed by atoms with Crippen LogP contribution in [0.1, 0.15) is 19.3 Å². The molecule has 25 heavy (non-hydrogen) atoms. The molecule has 0 aliphatic carbocycles. The minimum Gasteiger partial charge on any atom is -0.315 e. The van der Waals surface area contributed by atoms with Crippen LogP contribution in [0.5, 0.6) is 0 Å². The number of nitrogens with one attached hydrogen (secondary N) is 2. The monoisotopic (exact) mass is 392 g/mol. The molecule has 0 spiro atoms. The predicted octanol–water partition coefficient (Wildman–Crippen LogP) is 0.397. The fourth-order valence-electron chi connectivity index (χ4n) is 2.91. The summed E-state index contributed by atoms with van der Waals surface area (Å²) in [6, 6.07) is 0. The van der Waals surface area contributed by atoms with Crippen LogP contribution >= 0.6 is 18.8 Å². The maximum atomic E-state index is 3.34. The van der Waals surface area contributed by atoms with Gasteiger partial charge < -0.3 is 20.4 Å². The highest BCUT2D eigenvalue weighted by Crippen LogP contribution is 2.04. The van der Waals surface area contributed by atoms with Gasteiger partial charge in [-0.1, -0.05) is 18.8 Å². The van der Waals surface area contributed by atoms with Gasteiger partial charge in [-0.25, -0.2) is 0 Å². The quantitative estimate of drug-likeness (QED) is 0.582. The Labute approximate surface area is 160 Å². The first-order valence-corrected chi connectivity index (χ1v) is 10.9. The molecule has 6 nitrogen and oxygen atoms in total. The molecule has 0 radical (unpaired) electrons. The summed E-state index contributed by atoms with van der Waals surface area (Å²) in [5.41, 5.74) is 0. The van der Waals surface area contributed by atoms with Gasteiger partial charge >= 0.3 is 0 Å². The number of nitrogens with zero attached hydrogens (tertiary/aromatic N) is 4. The van der Waals surface area contributed by atoms with Gasteiger partial charge in [-0.3, -0.25) is 9.34 Å². The molecular formula is C17H42N6P2. The van der Waals surface area contributed by atoms with Crippen LogP contribution in [0.4, 0.5) is 0 Å². The molecule has 3 rings (SSSR count). The predicted molar refractivity (Wildman–Crippen MR) is 117 cm³/mol. The van der Waals surface area contributed by atoms with Crippen LogP contribution in [0.15, 0.2) is 0 Å². The normalized spacial score (nSPS) is 25.4. The Hall–Kier alpha value is 0.620. The van der Waals surface area contributed by atoms with Gasteiger partial charge in [0.15, 0.2) is 0 Å². The molecule has 0 saturated carbocycles. The molecule has 3 aliphatic heterocycles. The van der Waals surface area contributed by atoms with Crippen LogP contribution in [0, 0.1) is 0 Å². The highest BCUT2D eigenvalue weighted by atomic mass is 31.0. The van der Waals surface area contributed by atoms with E-state index in [-0.39, 0.29) is 0 Å². The molecule has 2 unspecified atom stereocenters. The van der Waals surface area contributed by atoms with Gasteiger partial charge in [0, 0.05) is 52.4 Å². The van der Waals surface area contributed by atoms with Crippen molar-refractivity contribution in [3.8, 4) is 0 Å². The smallest absolute Gasteiger partial charge is 0.0144 e. The van der Waals surface area contributed by atoms with E-state index in [1.165, 1.54) is 84.7 Å². The van der Waals surface area contributed by atoms with Crippen LogP contribution in [0.2, 0.25) is 0 Å². The van der Waals surface area contributed by atoms with Gasteiger partial charge in [-0.05, 0) is 59.5 Å². The van der Waals surface area contributed by atoms with E-state index in [4.69, 9.17) is 0 Å². The molecule has 0 bridgehead atoms. The molecule has 3 heterocycles. The minimum absolute atomic E-state index is 1.14. The number of likely N-dealkylation sites (N-methyl/N-ethyl adjacent to an activating group) is 2. The van der Waals surface area contributed by atoms with Crippen molar-refractivity contribution in [2.45, 2.75) is 19.3 Å².